The van der Waals surface area contributed by atoms with Crippen molar-refractivity contribution < 1.29 is 32.2 Å². The van der Waals surface area contributed by atoms with Crippen LogP contribution in [0.25, 0.3) is 11.3 Å². The highest BCUT2D eigenvalue weighted by Crippen LogP contribution is 2.38. The predicted octanol–water partition coefficient (Wildman–Crippen LogP) is 4.21. The molecule has 0 aliphatic carbocycles. The molecular weight excluding hydrogens is 412 g/mol. The lowest BCUT2D eigenvalue weighted by Gasteiger charge is -2.09. The molecule has 1 aromatic carbocycles. The van der Waals surface area contributed by atoms with Gasteiger partial charge in [0.2, 0.25) is 5.88 Å². The summed E-state index contributed by atoms with van der Waals surface area (Å²) >= 11 is 12.0. The molecule has 148 valence electrons. The van der Waals surface area contributed by atoms with Crippen LogP contribution in [0.3, 0.4) is 0 Å². The van der Waals surface area contributed by atoms with E-state index in [1.54, 1.807) is 6.92 Å². The van der Waals surface area contributed by atoms with Gasteiger partial charge in [0.05, 0.1) is 13.2 Å². The first-order valence-electron chi connectivity index (χ1n) is 7.63. The fourth-order valence-corrected chi connectivity index (χ4v) is 2.71. The second-order valence-corrected chi connectivity index (χ2v) is 5.98. The first-order valence-corrected chi connectivity index (χ1v) is 8.39. The van der Waals surface area contributed by atoms with E-state index in [0.29, 0.717) is 5.56 Å². The van der Waals surface area contributed by atoms with Crippen LogP contribution in [0, 0.1) is 5.82 Å². The molecule has 0 unspecified atom stereocenters. The minimum Gasteiger partial charge on any atom is -0.464 e. The predicted molar refractivity (Wildman–Crippen MR) is 91.5 cm³/mol. The second-order valence-electron chi connectivity index (χ2n) is 5.19. The van der Waals surface area contributed by atoms with Gasteiger partial charge in [-0.1, -0.05) is 23.2 Å². The van der Waals surface area contributed by atoms with E-state index in [1.807, 2.05) is 0 Å². The summed E-state index contributed by atoms with van der Waals surface area (Å²) in [4.78, 5) is 11.3. The quantitative estimate of drug-likeness (QED) is 0.591. The normalized spacial score (nSPS) is 11.1. The summed E-state index contributed by atoms with van der Waals surface area (Å²) < 4.78 is 54.5. The molecule has 11 heteroatoms. The smallest absolute Gasteiger partial charge is 0.388 e. The lowest BCUT2D eigenvalue weighted by molar-refractivity contribution is -0.148. The van der Waals surface area contributed by atoms with E-state index in [9.17, 15) is 18.0 Å². The maximum Gasteiger partial charge on any atom is 0.388 e. The molecule has 0 aliphatic heterocycles. The van der Waals surface area contributed by atoms with Crippen LogP contribution in [0.15, 0.2) is 12.1 Å². The van der Waals surface area contributed by atoms with Crippen LogP contribution in [0.2, 0.25) is 10.0 Å². The van der Waals surface area contributed by atoms with E-state index in [1.165, 1.54) is 13.1 Å². The maximum absolute atomic E-state index is 14.4. The minimum absolute atomic E-state index is 0.0521. The van der Waals surface area contributed by atoms with Gasteiger partial charge in [-0.25, -0.2) is 13.9 Å². The molecule has 2 rings (SSSR count). The molecule has 0 spiro atoms. The standard InChI is InChI=1S/C16H15Cl2F3N2O4/c1-3-26-12(24)7-25-6-8-4-9(11(19)5-10(8)17)14-13(18)15(23(2)22-14)27-16(20)21/h4-5,16H,3,6-7H2,1-2H3. The molecule has 0 aliphatic rings. The van der Waals surface area contributed by atoms with Crippen molar-refractivity contribution in [2.45, 2.75) is 20.1 Å². The van der Waals surface area contributed by atoms with Crippen molar-refractivity contribution in [3.05, 3.63) is 33.6 Å². The Hall–Kier alpha value is -1.97. The van der Waals surface area contributed by atoms with Crippen molar-refractivity contribution in [1.82, 2.24) is 9.78 Å². The number of nitrogens with zero attached hydrogens (tertiary/aromatic N) is 2. The Morgan fingerprint density at radius 2 is 2.04 bits per heavy atom. The summed E-state index contributed by atoms with van der Waals surface area (Å²) in [5.41, 5.74) is 0.157. The number of carbonyl (C=O) groups is 1. The Bertz CT molecular complexity index is 830. The summed E-state index contributed by atoms with van der Waals surface area (Å²) in [6, 6.07) is 2.32. The van der Waals surface area contributed by atoms with E-state index in [2.05, 4.69) is 9.84 Å². The highest BCUT2D eigenvalue weighted by atomic mass is 35.5. The molecule has 0 N–H and O–H groups in total. The molecule has 1 heterocycles. The minimum atomic E-state index is -3.12. The largest absolute Gasteiger partial charge is 0.464 e. The zero-order valence-corrected chi connectivity index (χ0v) is 15.8. The molecule has 6 nitrogen and oxygen atoms in total. The Morgan fingerprint density at radius 3 is 2.67 bits per heavy atom. The number of hydrogen-bond donors (Lipinski definition) is 0. The number of benzene rings is 1. The Balaban J connectivity index is 2.29. The van der Waals surface area contributed by atoms with Crippen molar-refractivity contribution in [1.29, 1.82) is 0 Å². The maximum atomic E-state index is 14.4. The van der Waals surface area contributed by atoms with Crippen LogP contribution in [0.1, 0.15) is 12.5 Å². The highest BCUT2D eigenvalue weighted by molar-refractivity contribution is 6.34. The van der Waals surface area contributed by atoms with Gasteiger partial charge < -0.3 is 14.2 Å². The number of ether oxygens (including phenoxy) is 3. The van der Waals surface area contributed by atoms with Crippen molar-refractivity contribution in [2.24, 2.45) is 7.05 Å². The van der Waals surface area contributed by atoms with Crippen molar-refractivity contribution in [3.63, 3.8) is 0 Å². The van der Waals surface area contributed by atoms with E-state index in [4.69, 9.17) is 32.7 Å². The Labute approximate surface area is 162 Å². The van der Waals surface area contributed by atoms with Gasteiger partial charge in [0, 0.05) is 17.6 Å². The monoisotopic (exact) mass is 426 g/mol. The lowest BCUT2D eigenvalue weighted by Crippen LogP contribution is -2.12. The third kappa shape index (κ3) is 5.27. The molecule has 0 saturated carbocycles. The number of alkyl halides is 2. The number of aromatic nitrogens is 2. The van der Waals surface area contributed by atoms with E-state index < -0.39 is 24.3 Å². The van der Waals surface area contributed by atoms with E-state index >= 15 is 0 Å². The van der Waals surface area contributed by atoms with Gasteiger partial charge in [-0.2, -0.15) is 13.9 Å². The van der Waals surface area contributed by atoms with Crippen LogP contribution in [-0.4, -0.2) is 35.6 Å². The fraction of sp³-hybridized carbons (Fsp3) is 0.375. The lowest BCUT2D eigenvalue weighted by atomic mass is 10.1. The highest BCUT2D eigenvalue weighted by Gasteiger charge is 2.23. The van der Waals surface area contributed by atoms with Crippen LogP contribution in [-0.2, 0) is 27.9 Å². The van der Waals surface area contributed by atoms with Crippen LogP contribution >= 0.6 is 23.2 Å². The molecule has 0 radical (unpaired) electrons. The van der Waals surface area contributed by atoms with Crippen molar-refractivity contribution in [3.8, 4) is 17.1 Å². The summed E-state index contributed by atoms with van der Waals surface area (Å²) in [6.07, 6.45) is 0. The molecular formula is C16H15Cl2F3N2O4. The first kappa shape index (κ1) is 21.3. The van der Waals surface area contributed by atoms with Gasteiger partial charge in [0.15, 0.2) is 0 Å². The number of carbonyl (C=O) groups excluding carboxylic acids is 1. The van der Waals surface area contributed by atoms with Crippen molar-refractivity contribution >= 4 is 29.2 Å². The molecule has 1 aromatic heterocycles. The molecule has 27 heavy (non-hydrogen) atoms. The Kier molecular flexibility index (Phi) is 7.34. The van der Waals surface area contributed by atoms with Gasteiger partial charge in [-0.3, -0.25) is 0 Å². The molecule has 0 saturated heterocycles. The number of rotatable bonds is 8. The SMILES string of the molecule is CCOC(=O)COCc1cc(-c2nn(C)c(OC(F)F)c2Cl)c(F)cc1Cl. The van der Waals surface area contributed by atoms with E-state index in [-0.39, 0.29) is 41.1 Å². The average molecular weight is 427 g/mol. The first-order chi connectivity index (χ1) is 12.7. The molecule has 2 aromatic rings. The van der Waals surface area contributed by atoms with Gasteiger partial charge >= 0.3 is 12.6 Å². The zero-order valence-electron chi connectivity index (χ0n) is 14.3. The topological polar surface area (TPSA) is 62.6 Å². The molecule has 0 bridgehead atoms. The summed E-state index contributed by atoms with van der Waals surface area (Å²) in [6.45, 7) is -1.68. The van der Waals surface area contributed by atoms with Crippen LogP contribution in [0.5, 0.6) is 5.88 Å². The molecule has 0 atom stereocenters. The van der Waals surface area contributed by atoms with Crippen LogP contribution < -0.4 is 4.74 Å². The van der Waals surface area contributed by atoms with Crippen LogP contribution in [0.4, 0.5) is 13.2 Å². The third-order valence-electron chi connectivity index (χ3n) is 3.31. The number of halogens is 5. The number of hydrogen-bond acceptors (Lipinski definition) is 5. The summed E-state index contributed by atoms with van der Waals surface area (Å²) in [7, 11) is 1.32. The van der Waals surface area contributed by atoms with Gasteiger partial charge in [-0.15, -0.1) is 0 Å². The number of esters is 1. The van der Waals surface area contributed by atoms with Gasteiger partial charge in [0.1, 0.15) is 23.1 Å². The second kappa shape index (κ2) is 9.29. The van der Waals surface area contributed by atoms with Gasteiger partial charge in [0.25, 0.3) is 0 Å². The molecule has 0 amide bonds. The fourth-order valence-electron chi connectivity index (χ4n) is 2.20. The number of aryl methyl sites for hydroxylation is 1. The summed E-state index contributed by atoms with van der Waals surface area (Å²) in [5.74, 6) is -1.73. The zero-order chi connectivity index (χ0) is 20.1. The third-order valence-corrected chi connectivity index (χ3v) is 4.01. The summed E-state index contributed by atoms with van der Waals surface area (Å²) in [5, 5.41) is 3.70. The van der Waals surface area contributed by atoms with E-state index in [0.717, 1.165) is 10.7 Å². The van der Waals surface area contributed by atoms with Gasteiger partial charge in [-0.05, 0) is 24.6 Å². The average Bonchev–Trinajstić information content (AvgIpc) is 2.84. The Morgan fingerprint density at radius 1 is 1.33 bits per heavy atom. The molecule has 0 fully saturated rings. The van der Waals surface area contributed by atoms with Crippen molar-refractivity contribution in [2.75, 3.05) is 13.2 Å².